The number of fused-ring (bicyclic) bond motifs is 16. The van der Waals surface area contributed by atoms with Crippen molar-refractivity contribution in [2.24, 2.45) is 0 Å². The molecule has 1 spiro atoms. The monoisotopic (exact) mass is 789 g/mol. The van der Waals surface area contributed by atoms with E-state index in [1.54, 1.807) is 0 Å². The van der Waals surface area contributed by atoms with E-state index in [1.165, 1.54) is 60.8 Å². The zero-order chi connectivity index (χ0) is 40.5. The van der Waals surface area contributed by atoms with Crippen molar-refractivity contribution in [2.75, 3.05) is 4.90 Å². The smallest absolute Gasteiger partial charge is 0.159 e. The standard InChI is InChI=1S/C59H35NO2/c1-2-14-37(15-3-1)60(52-25-13-21-45-42-18-6-10-26-53(42)61-57(45)52)38-30-28-36(29-31-38)39-32-33-47-55-44(39)20-12-24-50(55)59(48-22-8-4-16-40(48)41-17-5-9-23-49(41)59)51-35-34-46-43-19-7-11-27-54(43)62-58(46)56(47)51/h1-35H. The molecule has 0 N–H and O–H groups in total. The second-order valence-corrected chi connectivity index (χ2v) is 16.7. The molecule has 0 bridgehead atoms. The second-order valence-electron chi connectivity index (χ2n) is 16.7. The highest BCUT2D eigenvalue weighted by Crippen LogP contribution is 2.63. The summed E-state index contributed by atoms with van der Waals surface area (Å²) in [6.07, 6.45) is 0. The van der Waals surface area contributed by atoms with E-state index in [2.05, 4.69) is 205 Å². The highest BCUT2D eigenvalue weighted by molar-refractivity contribution is 6.18. The summed E-state index contributed by atoms with van der Waals surface area (Å²) in [6, 6.07) is 77.1. The molecule has 3 nitrogen and oxygen atoms in total. The zero-order valence-electron chi connectivity index (χ0n) is 33.5. The Bertz CT molecular complexity index is 3770. The van der Waals surface area contributed by atoms with Gasteiger partial charge in [0.1, 0.15) is 16.7 Å². The van der Waals surface area contributed by atoms with Crippen molar-refractivity contribution >= 4 is 71.7 Å². The van der Waals surface area contributed by atoms with Gasteiger partial charge in [0.15, 0.2) is 5.58 Å². The Morgan fingerprint density at radius 1 is 0.323 bits per heavy atom. The van der Waals surface area contributed by atoms with Crippen LogP contribution in [0.2, 0.25) is 0 Å². The predicted octanol–water partition coefficient (Wildman–Crippen LogP) is 16.1. The molecule has 10 aromatic carbocycles. The fraction of sp³-hybridized carbons (Fsp3) is 0.0169. The van der Waals surface area contributed by atoms with Gasteiger partial charge in [-0.1, -0.05) is 170 Å². The molecule has 12 aromatic rings. The zero-order valence-corrected chi connectivity index (χ0v) is 33.5. The maximum atomic E-state index is 6.93. The van der Waals surface area contributed by atoms with Gasteiger partial charge in [0.25, 0.3) is 0 Å². The number of hydrogen-bond acceptors (Lipinski definition) is 3. The molecule has 0 saturated carbocycles. The summed E-state index contributed by atoms with van der Waals surface area (Å²) in [6.45, 7) is 0. The molecule has 0 fully saturated rings. The van der Waals surface area contributed by atoms with E-state index in [0.29, 0.717) is 0 Å². The summed E-state index contributed by atoms with van der Waals surface area (Å²) in [5.41, 5.74) is 18.7. The van der Waals surface area contributed by atoms with Gasteiger partial charge in [0.2, 0.25) is 0 Å². The number of para-hydroxylation sites is 4. The number of anilines is 3. The van der Waals surface area contributed by atoms with E-state index in [1.807, 2.05) is 12.1 Å². The summed E-state index contributed by atoms with van der Waals surface area (Å²) in [5, 5.41) is 6.99. The number of benzene rings is 10. The van der Waals surface area contributed by atoms with Crippen molar-refractivity contribution in [2.45, 2.75) is 5.41 Å². The van der Waals surface area contributed by atoms with Crippen LogP contribution in [0.3, 0.4) is 0 Å². The third kappa shape index (κ3) is 4.34. The predicted molar refractivity (Wildman–Crippen MR) is 255 cm³/mol. The van der Waals surface area contributed by atoms with Crippen LogP contribution in [0.15, 0.2) is 221 Å². The largest absolute Gasteiger partial charge is 0.455 e. The number of nitrogens with zero attached hydrogens (tertiary/aromatic N) is 1. The molecular formula is C59H35NO2. The van der Waals surface area contributed by atoms with Crippen LogP contribution in [0, 0.1) is 0 Å². The Kier molecular flexibility index (Phi) is 6.76. The molecule has 0 radical (unpaired) electrons. The molecule has 62 heavy (non-hydrogen) atoms. The SMILES string of the molecule is c1ccc(N(c2ccc(-c3ccc4c5c(cccc35)C3(c5ccccc5-c5ccccc53)c3ccc5c(oc6ccccc65)c3-4)cc2)c2cccc3c2oc2ccccc23)cc1. The minimum atomic E-state index is -0.543. The summed E-state index contributed by atoms with van der Waals surface area (Å²) in [4.78, 5) is 2.31. The Labute approximate surface area is 357 Å². The van der Waals surface area contributed by atoms with E-state index in [4.69, 9.17) is 8.83 Å². The molecule has 2 heterocycles. The minimum Gasteiger partial charge on any atom is -0.455 e. The van der Waals surface area contributed by atoms with E-state index in [0.717, 1.165) is 66.5 Å². The van der Waals surface area contributed by atoms with Crippen LogP contribution in [-0.2, 0) is 5.41 Å². The first-order valence-electron chi connectivity index (χ1n) is 21.3. The average molecular weight is 790 g/mol. The fourth-order valence-electron chi connectivity index (χ4n) is 11.2. The molecule has 2 aromatic heterocycles. The fourth-order valence-corrected chi connectivity index (χ4v) is 11.2. The van der Waals surface area contributed by atoms with Gasteiger partial charge in [-0.25, -0.2) is 0 Å². The summed E-state index contributed by atoms with van der Waals surface area (Å²) in [5.74, 6) is 0. The third-order valence-electron chi connectivity index (χ3n) is 13.7. The van der Waals surface area contributed by atoms with E-state index >= 15 is 0 Å². The van der Waals surface area contributed by atoms with Gasteiger partial charge in [-0.2, -0.15) is 0 Å². The van der Waals surface area contributed by atoms with Gasteiger partial charge < -0.3 is 13.7 Å². The molecule has 14 rings (SSSR count). The average Bonchev–Trinajstić information content (AvgIpc) is 4.01. The lowest BCUT2D eigenvalue weighted by atomic mass is 9.61. The van der Waals surface area contributed by atoms with Crippen molar-refractivity contribution in [1.29, 1.82) is 0 Å². The van der Waals surface area contributed by atoms with Gasteiger partial charge in [-0.05, 0) is 103 Å². The number of furan rings is 2. The van der Waals surface area contributed by atoms with E-state index < -0.39 is 5.41 Å². The molecule has 0 aliphatic heterocycles. The van der Waals surface area contributed by atoms with Gasteiger partial charge >= 0.3 is 0 Å². The number of rotatable bonds is 4. The van der Waals surface area contributed by atoms with Crippen molar-refractivity contribution in [3.05, 3.63) is 235 Å². The lowest BCUT2D eigenvalue weighted by Crippen LogP contribution is -2.31. The number of hydrogen-bond donors (Lipinski definition) is 0. The van der Waals surface area contributed by atoms with Crippen LogP contribution in [0.25, 0.3) is 88.0 Å². The molecule has 0 unspecified atom stereocenters. The molecule has 0 atom stereocenters. The van der Waals surface area contributed by atoms with Gasteiger partial charge in [0, 0.05) is 38.5 Å². The summed E-state index contributed by atoms with van der Waals surface area (Å²) in [7, 11) is 0. The molecule has 0 amide bonds. The first kappa shape index (κ1) is 33.7. The van der Waals surface area contributed by atoms with Crippen LogP contribution in [0.5, 0.6) is 0 Å². The molecular weight excluding hydrogens is 755 g/mol. The Morgan fingerprint density at radius 3 is 1.61 bits per heavy atom. The lowest BCUT2D eigenvalue weighted by Gasteiger charge is -2.40. The maximum Gasteiger partial charge on any atom is 0.159 e. The van der Waals surface area contributed by atoms with Crippen molar-refractivity contribution < 1.29 is 8.83 Å². The molecule has 2 aliphatic carbocycles. The van der Waals surface area contributed by atoms with Crippen LogP contribution >= 0.6 is 0 Å². The Morgan fingerprint density at radius 2 is 0.871 bits per heavy atom. The van der Waals surface area contributed by atoms with Crippen LogP contribution in [-0.4, -0.2) is 0 Å². The quantitative estimate of drug-likeness (QED) is 0.178. The molecule has 288 valence electrons. The molecule has 2 aliphatic rings. The van der Waals surface area contributed by atoms with Crippen LogP contribution < -0.4 is 4.90 Å². The van der Waals surface area contributed by atoms with Crippen LogP contribution in [0.4, 0.5) is 17.1 Å². The topological polar surface area (TPSA) is 29.5 Å². The first-order chi connectivity index (χ1) is 30.8. The van der Waals surface area contributed by atoms with Crippen LogP contribution in [0.1, 0.15) is 22.3 Å². The summed E-state index contributed by atoms with van der Waals surface area (Å²) >= 11 is 0. The minimum absolute atomic E-state index is 0.543. The lowest BCUT2D eigenvalue weighted by molar-refractivity contribution is 0.666. The van der Waals surface area contributed by atoms with Crippen molar-refractivity contribution in [3.8, 4) is 33.4 Å². The third-order valence-corrected chi connectivity index (χ3v) is 13.7. The van der Waals surface area contributed by atoms with E-state index in [9.17, 15) is 0 Å². The van der Waals surface area contributed by atoms with Crippen molar-refractivity contribution in [1.82, 2.24) is 0 Å². The van der Waals surface area contributed by atoms with Gasteiger partial charge in [-0.15, -0.1) is 0 Å². The van der Waals surface area contributed by atoms with E-state index in [-0.39, 0.29) is 0 Å². The highest BCUT2D eigenvalue weighted by Gasteiger charge is 2.50. The molecule has 3 heteroatoms. The second kappa shape index (κ2) is 12.4. The normalized spacial score (nSPS) is 13.3. The Hall–Kier alpha value is -8.14. The summed E-state index contributed by atoms with van der Waals surface area (Å²) < 4.78 is 13.5. The van der Waals surface area contributed by atoms with Gasteiger partial charge in [0.05, 0.1) is 11.1 Å². The van der Waals surface area contributed by atoms with Crippen molar-refractivity contribution in [3.63, 3.8) is 0 Å². The highest BCUT2D eigenvalue weighted by atomic mass is 16.3. The van der Waals surface area contributed by atoms with Gasteiger partial charge in [-0.3, -0.25) is 0 Å². The first-order valence-corrected chi connectivity index (χ1v) is 21.3. The Balaban J connectivity index is 1.01. The molecule has 0 saturated heterocycles. The maximum absolute atomic E-state index is 6.93.